The number of carbonyl (C=O) groups excluding carboxylic acids is 2. The molecule has 100 valence electrons. The predicted octanol–water partition coefficient (Wildman–Crippen LogP) is 1.73. The Labute approximate surface area is 114 Å². The van der Waals surface area contributed by atoms with Crippen LogP contribution in [0.25, 0.3) is 0 Å². The van der Waals surface area contributed by atoms with Gasteiger partial charge in [0, 0.05) is 29.1 Å². The van der Waals surface area contributed by atoms with E-state index >= 15 is 0 Å². The first kappa shape index (κ1) is 13.5. The molecule has 0 saturated heterocycles. The van der Waals surface area contributed by atoms with Crippen LogP contribution in [0.2, 0.25) is 5.02 Å². The van der Waals surface area contributed by atoms with Crippen molar-refractivity contribution in [3.63, 3.8) is 0 Å². The van der Waals surface area contributed by atoms with Gasteiger partial charge in [-0.25, -0.2) is 0 Å². The van der Waals surface area contributed by atoms with Crippen molar-refractivity contribution in [2.75, 3.05) is 0 Å². The molecule has 1 unspecified atom stereocenters. The number of carboxylic acids is 1. The van der Waals surface area contributed by atoms with E-state index in [4.69, 9.17) is 16.7 Å². The number of fused-ring (bicyclic) bond motifs is 1. The van der Waals surface area contributed by atoms with Gasteiger partial charge in [0.15, 0.2) is 0 Å². The van der Waals surface area contributed by atoms with Crippen LogP contribution in [0.5, 0.6) is 0 Å². The molecule has 5 nitrogen and oxygen atoms in total. The first-order valence-electron chi connectivity index (χ1n) is 5.80. The first-order valence-corrected chi connectivity index (χ1v) is 6.18. The summed E-state index contributed by atoms with van der Waals surface area (Å²) in [6.07, 6.45) is 0.564. The van der Waals surface area contributed by atoms with Crippen molar-refractivity contribution in [3.8, 4) is 0 Å². The van der Waals surface area contributed by atoms with Gasteiger partial charge in [-0.05, 0) is 18.6 Å². The number of hydrogen-bond acceptors (Lipinski definition) is 3. The average Bonchev–Trinajstić information content (AvgIpc) is 2.70. The van der Waals surface area contributed by atoms with Crippen molar-refractivity contribution in [2.45, 2.75) is 25.4 Å². The minimum atomic E-state index is -0.992. The highest BCUT2D eigenvalue weighted by atomic mass is 35.5. The number of aliphatic carboxylic acids is 1. The van der Waals surface area contributed by atoms with Crippen LogP contribution in [-0.4, -0.2) is 34.2 Å². The van der Waals surface area contributed by atoms with Crippen LogP contribution in [0, 0.1) is 0 Å². The summed E-state index contributed by atoms with van der Waals surface area (Å²) in [5.74, 6) is -1.27. The molecule has 1 aromatic carbocycles. The quantitative estimate of drug-likeness (QED) is 0.834. The molecule has 19 heavy (non-hydrogen) atoms. The SMILES string of the molecule is O=CC(CCC(=O)O)N1Cc2c(Cl)cccc2C1=O. The fourth-order valence-electron chi connectivity index (χ4n) is 2.15. The molecule has 1 atom stereocenters. The molecule has 1 heterocycles. The number of aldehydes is 1. The van der Waals surface area contributed by atoms with Crippen molar-refractivity contribution >= 4 is 29.8 Å². The van der Waals surface area contributed by atoms with E-state index in [1.165, 1.54) is 4.90 Å². The topological polar surface area (TPSA) is 74.7 Å². The number of nitrogens with zero attached hydrogens (tertiary/aromatic N) is 1. The zero-order valence-electron chi connectivity index (χ0n) is 10.0. The molecule has 1 aliphatic rings. The second-order valence-electron chi connectivity index (χ2n) is 4.33. The van der Waals surface area contributed by atoms with E-state index in [0.29, 0.717) is 22.4 Å². The average molecular weight is 282 g/mol. The lowest BCUT2D eigenvalue weighted by atomic mass is 10.1. The number of carbonyl (C=O) groups is 3. The third-order valence-corrected chi connectivity index (χ3v) is 3.50. The summed E-state index contributed by atoms with van der Waals surface area (Å²) in [4.78, 5) is 35.1. The summed E-state index contributed by atoms with van der Waals surface area (Å²) in [6.45, 7) is 0.247. The van der Waals surface area contributed by atoms with Crippen LogP contribution in [0.3, 0.4) is 0 Å². The van der Waals surface area contributed by atoms with Gasteiger partial charge in [0.2, 0.25) is 0 Å². The second-order valence-corrected chi connectivity index (χ2v) is 4.74. The van der Waals surface area contributed by atoms with Crippen molar-refractivity contribution in [1.82, 2.24) is 4.90 Å². The summed E-state index contributed by atoms with van der Waals surface area (Å²) in [5.41, 5.74) is 1.17. The van der Waals surface area contributed by atoms with Gasteiger partial charge in [-0.3, -0.25) is 9.59 Å². The van der Waals surface area contributed by atoms with E-state index in [1.807, 2.05) is 0 Å². The number of amides is 1. The summed E-state index contributed by atoms with van der Waals surface area (Å²) >= 11 is 6.01. The molecule has 1 aliphatic heterocycles. The summed E-state index contributed by atoms with van der Waals surface area (Å²) in [6, 6.07) is 4.29. The molecule has 0 radical (unpaired) electrons. The Balaban J connectivity index is 2.20. The van der Waals surface area contributed by atoms with Crippen molar-refractivity contribution in [2.24, 2.45) is 0 Å². The Hall–Kier alpha value is -1.88. The van der Waals surface area contributed by atoms with E-state index in [9.17, 15) is 14.4 Å². The third-order valence-electron chi connectivity index (χ3n) is 3.15. The molecular weight excluding hydrogens is 270 g/mol. The van der Waals surface area contributed by atoms with Gasteiger partial charge in [0.05, 0.1) is 6.04 Å². The zero-order valence-corrected chi connectivity index (χ0v) is 10.8. The van der Waals surface area contributed by atoms with Crippen LogP contribution in [0.4, 0.5) is 0 Å². The van der Waals surface area contributed by atoms with Gasteiger partial charge in [0.1, 0.15) is 6.29 Å². The monoisotopic (exact) mass is 281 g/mol. The normalized spacial score (nSPS) is 15.2. The molecule has 0 fully saturated rings. The number of hydrogen-bond donors (Lipinski definition) is 1. The van der Waals surface area contributed by atoms with E-state index in [2.05, 4.69) is 0 Å². The fraction of sp³-hybridized carbons (Fsp3) is 0.308. The van der Waals surface area contributed by atoms with E-state index in [-0.39, 0.29) is 25.3 Å². The third kappa shape index (κ3) is 2.61. The van der Waals surface area contributed by atoms with Crippen molar-refractivity contribution in [3.05, 3.63) is 34.3 Å². The predicted molar refractivity (Wildman–Crippen MR) is 68.0 cm³/mol. The lowest BCUT2D eigenvalue weighted by Gasteiger charge is -2.22. The molecular formula is C13H12ClNO4. The van der Waals surface area contributed by atoms with Crippen molar-refractivity contribution < 1.29 is 19.5 Å². The molecule has 0 aliphatic carbocycles. The molecule has 0 spiro atoms. The number of carboxylic acid groups (broad SMARTS) is 1. The van der Waals surface area contributed by atoms with E-state index in [1.54, 1.807) is 18.2 Å². The van der Waals surface area contributed by atoms with Gasteiger partial charge in [-0.2, -0.15) is 0 Å². The maximum Gasteiger partial charge on any atom is 0.303 e. The minimum absolute atomic E-state index is 0.107. The Morgan fingerprint density at radius 3 is 2.84 bits per heavy atom. The summed E-state index contributed by atoms with van der Waals surface area (Å²) in [7, 11) is 0. The summed E-state index contributed by atoms with van der Waals surface area (Å²) < 4.78 is 0. The van der Waals surface area contributed by atoms with Crippen LogP contribution in [-0.2, 0) is 16.1 Å². The number of halogens is 1. The van der Waals surface area contributed by atoms with E-state index < -0.39 is 12.0 Å². The van der Waals surface area contributed by atoms with E-state index in [0.717, 1.165) is 0 Å². The smallest absolute Gasteiger partial charge is 0.303 e. The Kier molecular flexibility index (Phi) is 3.85. The highest BCUT2D eigenvalue weighted by Gasteiger charge is 2.33. The Bertz CT molecular complexity index is 543. The Morgan fingerprint density at radius 1 is 1.53 bits per heavy atom. The van der Waals surface area contributed by atoms with Crippen LogP contribution in [0.15, 0.2) is 18.2 Å². The molecule has 2 rings (SSSR count). The standard InChI is InChI=1S/C13H12ClNO4/c14-11-3-1-2-9-10(11)6-15(13(9)19)8(7-16)4-5-12(17)18/h1-3,7-8H,4-6H2,(H,17,18). The first-order chi connectivity index (χ1) is 9.04. The van der Waals surface area contributed by atoms with Crippen LogP contribution < -0.4 is 0 Å². The lowest BCUT2D eigenvalue weighted by Crippen LogP contribution is -2.37. The zero-order chi connectivity index (χ0) is 14.0. The van der Waals surface area contributed by atoms with Gasteiger partial charge in [-0.15, -0.1) is 0 Å². The fourth-order valence-corrected chi connectivity index (χ4v) is 2.39. The molecule has 6 heteroatoms. The van der Waals surface area contributed by atoms with Gasteiger partial charge in [-0.1, -0.05) is 17.7 Å². The van der Waals surface area contributed by atoms with Gasteiger partial charge in [0.25, 0.3) is 5.91 Å². The maximum atomic E-state index is 12.2. The minimum Gasteiger partial charge on any atom is -0.481 e. The molecule has 0 saturated carbocycles. The van der Waals surface area contributed by atoms with Gasteiger partial charge < -0.3 is 14.8 Å². The lowest BCUT2D eigenvalue weighted by molar-refractivity contribution is -0.137. The van der Waals surface area contributed by atoms with Gasteiger partial charge >= 0.3 is 5.97 Å². The van der Waals surface area contributed by atoms with Crippen molar-refractivity contribution in [1.29, 1.82) is 0 Å². The molecule has 0 bridgehead atoms. The van der Waals surface area contributed by atoms with Crippen LogP contribution >= 0.6 is 11.6 Å². The number of rotatable bonds is 5. The molecule has 1 amide bonds. The molecule has 0 aromatic heterocycles. The molecule has 1 N–H and O–H groups in total. The highest BCUT2D eigenvalue weighted by molar-refractivity contribution is 6.32. The Morgan fingerprint density at radius 2 is 2.26 bits per heavy atom. The largest absolute Gasteiger partial charge is 0.481 e. The van der Waals surface area contributed by atoms with Crippen LogP contribution in [0.1, 0.15) is 28.8 Å². The highest BCUT2D eigenvalue weighted by Crippen LogP contribution is 2.30. The summed E-state index contributed by atoms with van der Waals surface area (Å²) in [5, 5.41) is 9.13. The maximum absolute atomic E-state index is 12.2. The molecule has 1 aromatic rings. The second kappa shape index (κ2) is 5.40. The number of benzene rings is 1.